The Hall–Kier alpha value is 0.250. The van der Waals surface area contributed by atoms with E-state index in [0.29, 0.717) is 0 Å². The van der Waals surface area contributed by atoms with Gasteiger partial charge in [-0.25, -0.2) is 0 Å². The van der Waals surface area contributed by atoms with Gasteiger partial charge >= 0.3 is 0 Å². The highest BCUT2D eigenvalue weighted by Gasteiger charge is 2.17. The molecule has 0 bridgehead atoms. The fraction of sp³-hybridized carbons (Fsp3) is 1.00. The van der Waals surface area contributed by atoms with E-state index in [4.69, 9.17) is 11.6 Å². The predicted octanol–water partition coefficient (Wildman–Crippen LogP) is 2.74. The molecule has 0 radical (unpaired) electrons. The Morgan fingerprint density at radius 2 is 2.00 bits per heavy atom. The van der Waals surface area contributed by atoms with Gasteiger partial charge in [-0.3, -0.25) is 0 Å². The van der Waals surface area contributed by atoms with Crippen LogP contribution in [-0.4, -0.2) is 30.4 Å². The van der Waals surface area contributed by atoms with Crippen LogP contribution in [0.15, 0.2) is 0 Å². The molecule has 0 atom stereocenters. The van der Waals surface area contributed by atoms with Crippen LogP contribution in [0.1, 0.15) is 32.6 Å². The van der Waals surface area contributed by atoms with Crippen molar-refractivity contribution in [2.75, 3.05) is 25.5 Å². The quantitative estimate of drug-likeness (QED) is 0.615. The van der Waals surface area contributed by atoms with Gasteiger partial charge in [-0.05, 0) is 51.2 Å². The van der Waals surface area contributed by atoms with E-state index >= 15 is 0 Å². The molecule has 0 N–H and O–H groups in total. The zero-order valence-electron chi connectivity index (χ0n) is 8.06. The second kappa shape index (κ2) is 5.82. The first kappa shape index (κ1) is 10.3. The number of alkyl halides is 1. The van der Waals surface area contributed by atoms with Crippen LogP contribution in [0.2, 0.25) is 0 Å². The van der Waals surface area contributed by atoms with Crippen molar-refractivity contribution in [3.8, 4) is 0 Å². The second-order valence-electron chi connectivity index (χ2n) is 3.76. The Morgan fingerprint density at radius 1 is 1.33 bits per heavy atom. The van der Waals surface area contributed by atoms with Gasteiger partial charge in [-0.15, -0.1) is 11.6 Å². The Kier molecular flexibility index (Phi) is 5.01. The number of likely N-dealkylation sites (tertiary alicyclic amines) is 1. The molecule has 0 saturated carbocycles. The van der Waals surface area contributed by atoms with Gasteiger partial charge in [0.05, 0.1) is 0 Å². The third kappa shape index (κ3) is 3.32. The number of hydrogen-bond donors (Lipinski definition) is 0. The number of hydrogen-bond acceptors (Lipinski definition) is 1. The first-order valence-corrected chi connectivity index (χ1v) is 5.68. The molecule has 1 aliphatic heterocycles. The van der Waals surface area contributed by atoms with Crippen molar-refractivity contribution in [2.24, 2.45) is 5.92 Å². The molecule has 1 saturated heterocycles. The molecule has 1 nitrogen and oxygen atoms in total. The smallest absolute Gasteiger partial charge is 0.0226 e. The van der Waals surface area contributed by atoms with Crippen molar-refractivity contribution in [1.29, 1.82) is 0 Å². The van der Waals surface area contributed by atoms with Crippen LogP contribution in [0.5, 0.6) is 0 Å². The van der Waals surface area contributed by atoms with Crippen LogP contribution >= 0.6 is 11.6 Å². The fourth-order valence-corrected chi connectivity index (χ4v) is 2.28. The van der Waals surface area contributed by atoms with Crippen molar-refractivity contribution in [1.82, 2.24) is 4.90 Å². The molecule has 0 aromatic carbocycles. The van der Waals surface area contributed by atoms with Gasteiger partial charge in [0.1, 0.15) is 0 Å². The first-order valence-electron chi connectivity index (χ1n) is 5.15. The molecule has 1 rings (SSSR count). The standard InChI is InChI=1S/C10H20ClN/c1-2-7-12-8-4-10(3-6-11)5-9-12/h10H,2-9H2,1H3. The lowest BCUT2D eigenvalue weighted by Gasteiger charge is -2.31. The maximum Gasteiger partial charge on any atom is 0.0226 e. The summed E-state index contributed by atoms with van der Waals surface area (Å²) in [5.74, 6) is 1.76. The Labute approximate surface area is 81.1 Å². The van der Waals surface area contributed by atoms with Crippen LogP contribution in [0.25, 0.3) is 0 Å². The molecule has 0 aliphatic carbocycles. The summed E-state index contributed by atoms with van der Waals surface area (Å²) < 4.78 is 0. The van der Waals surface area contributed by atoms with Gasteiger partial charge in [0, 0.05) is 5.88 Å². The second-order valence-corrected chi connectivity index (χ2v) is 4.14. The molecule has 12 heavy (non-hydrogen) atoms. The molecule has 1 fully saturated rings. The van der Waals surface area contributed by atoms with Crippen LogP contribution in [0.3, 0.4) is 0 Å². The highest BCUT2D eigenvalue weighted by atomic mass is 35.5. The van der Waals surface area contributed by atoms with Crippen molar-refractivity contribution < 1.29 is 0 Å². The summed E-state index contributed by atoms with van der Waals surface area (Å²) in [6.07, 6.45) is 5.25. The van der Waals surface area contributed by atoms with E-state index in [1.165, 1.54) is 45.3 Å². The SMILES string of the molecule is CCCN1CCC(CCCl)CC1. The van der Waals surface area contributed by atoms with Gasteiger partial charge in [-0.1, -0.05) is 6.92 Å². The van der Waals surface area contributed by atoms with Crippen molar-refractivity contribution in [3.63, 3.8) is 0 Å². The molecule has 72 valence electrons. The van der Waals surface area contributed by atoms with E-state index in [9.17, 15) is 0 Å². The number of nitrogens with zero attached hydrogens (tertiary/aromatic N) is 1. The first-order chi connectivity index (χ1) is 5.86. The minimum atomic E-state index is 0.846. The molecule has 0 amide bonds. The van der Waals surface area contributed by atoms with E-state index in [-0.39, 0.29) is 0 Å². The topological polar surface area (TPSA) is 3.24 Å². The maximum atomic E-state index is 5.72. The monoisotopic (exact) mass is 189 g/mol. The zero-order valence-corrected chi connectivity index (χ0v) is 8.82. The van der Waals surface area contributed by atoms with Crippen molar-refractivity contribution >= 4 is 11.6 Å². The summed E-state index contributed by atoms with van der Waals surface area (Å²) in [6.45, 7) is 6.14. The third-order valence-corrected chi connectivity index (χ3v) is 2.98. The molecule has 1 aliphatic rings. The number of halogens is 1. The van der Waals surface area contributed by atoms with E-state index in [1.54, 1.807) is 0 Å². The minimum absolute atomic E-state index is 0.846. The zero-order chi connectivity index (χ0) is 8.81. The normalized spacial score (nSPS) is 21.5. The summed E-state index contributed by atoms with van der Waals surface area (Å²) in [7, 11) is 0. The number of rotatable bonds is 4. The molecule has 0 unspecified atom stereocenters. The summed E-state index contributed by atoms with van der Waals surface area (Å²) in [6, 6.07) is 0. The fourth-order valence-electron chi connectivity index (χ4n) is 1.97. The third-order valence-electron chi connectivity index (χ3n) is 2.76. The average molecular weight is 190 g/mol. The highest BCUT2D eigenvalue weighted by molar-refractivity contribution is 6.17. The van der Waals surface area contributed by atoms with Gasteiger partial charge in [0.15, 0.2) is 0 Å². The van der Waals surface area contributed by atoms with Gasteiger partial charge in [-0.2, -0.15) is 0 Å². The maximum absolute atomic E-state index is 5.72. The van der Waals surface area contributed by atoms with Crippen molar-refractivity contribution in [3.05, 3.63) is 0 Å². The van der Waals surface area contributed by atoms with Crippen molar-refractivity contribution in [2.45, 2.75) is 32.6 Å². The van der Waals surface area contributed by atoms with E-state index in [1.807, 2.05) is 0 Å². The average Bonchev–Trinajstić information content (AvgIpc) is 2.09. The van der Waals surface area contributed by atoms with Gasteiger partial charge in [0.25, 0.3) is 0 Å². The predicted molar refractivity (Wildman–Crippen MR) is 54.8 cm³/mol. The van der Waals surface area contributed by atoms with Crippen LogP contribution in [0.4, 0.5) is 0 Å². The minimum Gasteiger partial charge on any atom is -0.303 e. The molecule has 0 aromatic heterocycles. The summed E-state index contributed by atoms with van der Waals surface area (Å²) >= 11 is 5.72. The lowest BCUT2D eigenvalue weighted by molar-refractivity contribution is 0.182. The van der Waals surface area contributed by atoms with Crippen LogP contribution in [-0.2, 0) is 0 Å². The molecule has 1 heterocycles. The Morgan fingerprint density at radius 3 is 2.50 bits per heavy atom. The van der Waals surface area contributed by atoms with E-state index in [0.717, 1.165) is 11.8 Å². The van der Waals surface area contributed by atoms with Crippen LogP contribution < -0.4 is 0 Å². The molecule has 0 spiro atoms. The highest BCUT2D eigenvalue weighted by Crippen LogP contribution is 2.20. The van der Waals surface area contributed by atoms with Gasteiger partial charge in [0.2, 0.25) is 0 Å². The van der Waals surface area contributed by atoms with E-state index < -0.39 is 0 Å². The Balaban J connectivity index is 2.11. The van der Waals surface area contributed by atoms with Crippen LogP contribution in [0, 0.1) is 5.92 Å². The van der Waals surface area contributed by atoms with E-state index in [2.05, 4.69) is 11.8 Å². The summed E-state index contributed by atoms with van der Waals surface area (Å²) in [5, 5.41) is 0. The summed E-state index contributed by atoms with van der Waals surface area (Å²) in [4.78, 5) is 2.57. The summed E-state index contributed by atoms with van der Waals surface area (Å²) in [5.41, 5.74) is 0. The molecule has 2 heteroatoms. The molecular weight excluding hydrogens is 170 g/mol. The van der Waals surface area contributed by atoms with Gasteiger partial charge < -0.3 is 4.90 Å². The number of piperidine rings is 1. The molecule has 0 aromatic rings. The largest absolute Gasteiger partial charge is 0.303 e. The molecular formula is C10H20ClN. The lowest BCUT2D eigenvalue weighted by Crippen LogP contribution is -2.34. The lowest BCUT2D eigenvalue weighted by atomic mass is 9.94. The Bertz CT molecular complexity index is 94.4.